The van der Waals surface area contributed by atoms with E-state index in [1.54, 1.807) is 0 Å². The summed E-state index contributed by atoms with van der Waals surface area (Å²) in [6, 6.07) is 0. The summed E-state index contributed by atoms with van der Waals surface area (Å²) < 4.78 is 4.64. The van der Waals surface area contributed by atoms with Crippen molar-refractivity contribution in [3.05, 3.63) is 0 Å². The Hall–Kier alpha value is -0.220. The monoisotopic (exact) mass is 175 g/mol. The van der Waals surface area contributed by atoms with Gasteiger partial charge in [-0.2, -0.15) is 12.6 Å². The van der Waals surface area contributed by atoms with Gasteiger partial charge in [-0.15, -0.1) is 0 Å². The highest BCUT2D eigenvalue weighted by Gasteiger charge is 2.25. The van der Waals surface area contributed by atoms with Crippen molar-refractivity contribution < 1.29 is 9.53 Å². The Balaban J connectivity index is 2.39. The van der Waals surface area contributed by atoms with Crippen LogP contribution in [0.25, 0.3) is 0 Å². The lowest BCUT2D eigenvalue weighted by molar-refractivity contribution is -0.146. The molecule has 0 saturated carbocycles. The molecule has 64 valence electrons. The summed E-state index contributed by atoms with van der Waals surface area (Å²) in [6.07, 6.45) is 1.64. The summed E-state index contributed by atoms with van der Waals surface area (Å²) in [7, 11) is 1.43. The molecule has 1 fully saturated rings. The fraction of sp³-hybridized carbons (Fsp3) is 0.857. The molecule has 1 heterocycles. The van der Waals surface area contributed by atoms with E-state index >= 15 is 0 Å². The Morgan fingerprint density at radius 2 is 2.45 bits per heavy atom. The standard InChI is InChI=1S/C7H13NO2S/c1-10-7(9)5-2-3-8-6(11)4-5/h5-6,8,11H,2-4H2,1H3. The Labute approximate surface area is 71.9 Å². The van der Waals surface area contributed by atoms with Crippen LogP contribution in [-0.4, -0.2) is 25.0 Å². The summed E-state index contributed by atoms with van der Waals surface area (Å²) in [4.78, 5) is 11.0. The maximum absolute atomic E-state index is 11.0. The Morgan fingerprint density at radius 1 is 1.73 bits per heavy atom. The first-order valence-corrected chi connectivity index (χ1v) is 4.25. The average molecular weight is 175 g/mol. The number of thiol groups is 1. The highest BCUT2D eigenvalue weighted by molar-refractivity contribution is 7.80. The first-order valence-electron chi connectivity index (χ1n) is 3.73. The number of esters is 1. The Morgan fingerprint density at radius 3 is 3.00 bits per heavy atom. The van der Waals surface area contributed by atoms with Gasteiger partial charge in [-0.25, -0.2) is 0 Å². The van der Waals surface area contributed by atoms with Crippen molar-refractivity contribution in [2.45, 2.75) is 18.2 Å². The van der Waals surface area contributed by atoms with E-state index in [4.69, 9.17) is 0 Å². The number of carbonyl (C=O) groups is 1. The van der Waals surface area contributed by atoms with Gasteiger partial charge in [0.15, 0.2) is 0 Å². The molecule has 11 heavy (non-hydrogen) atoms. The number of ether oxygens (including phenoxy) is 1. The van der Waals surface area contributed by atoms with Crippen LogP contribution >= 0.6 is 12.6 Å². The van der Waals surface area contributed by atoms with E-state index in [-0.39, 0.29) is 17.3 Å². The van der Waals surface area contributed by atoms with Gasteiger partial charge in [-0.3, -0.25) is 4.79 Å². The van der Waals surface area contributed by atoms with E-state index in [0.29, 0.717) is 0 Å². The summed E-state index contributed by atoms with van der Waals surface area (Å²) in [5.41, 5.74) is 0. The van der Waals surface area contributed by atoms with Gasteiger partial charge in [0, 0.05) is 0 Å². The first kappa shape index (κ1) is 8.87. The fourth-order valence-corrected chi connectivity index (χ4v) is 1.66. The van der Waals surface area contributed by atoms with Crippen LogP contribution in [0.15, 0.2) is 0 Å². The summed E-state index contributed by atoms with van der Waals surface area (Å²) in [5.74, 6) is -0.0608. The maximum atomic E-state index is 11.0. The molecule has 1 rings (SSSR count). The third-order valence-electron chi connectivity index (χ3n) is 1.92. The molecule has 0 aromatic carbocycles. The molecular weight excluding hydrogens is 162 g/mol. The van der Waals surface area contributed by atoms with Crippen LogP contribution in [0.2, 0.25) is 0 Å². The van der Waals surface area contributed by atoms with Gasteiger partial charge in [-0.1, -0.05) is 0 Å². The van der Waals surface area contributed by atoms with Crippen molar-refractivity contribution in [3.63, 3.8) is 0 Å². The number of rotatable bonds is 1. The molecule has 2 unspecified atom stereocenters. The number of nitrogens with one attached hydrogen (secondary N) is 1. The second-order valence-corrected chi connectivity index (χ2v) is 3.34. The highest BCUT2D eigenvalue weighted by Crippen LogP contribution is 2.18. The lowest BCUT2D eigenvalue weighted by Crippen LogP contribution is -2.37. The molecule has 1 N–H and O–H groups in total. The summed E-state index contributed by atoms with van der Waals surface area (Å²) in [5, 5.41) is 3.29. The van der Waals surface area contributed by atoms with Crippen LogP contribution in [0.3, 0.4) is 0 Å². The predicted octanol–water partition coefficient (Wildman–Crippen LogP) is 0.415. The fourth-order valence-electron chi connectivity index (χ4n) is 1.28. The van der Waals surface area contributed by atoms with Crippen molar-refractivity contribution in [3.8, 4) is 0 Å². The number of hydrogen-bond donors (Lipinski definition) is 2. The van der Waals surface area contributed by atoms with E-state index < -0.39 is 0 Å². The zero-order valence-electron chi connectivity index (χ0n) is 6.54. The molecule has 1 aliphatic heterocycles. The lowest BCUT2D eigenvalue weighted by Gasteiger charge is -2.25. The van der Waals surface area contributed by atoms with Crippen molar-refractivity contribution in [1.82, 2.24) is 5.32 Å². The van der Waals surface area contributed by atoms with Gasteiger partial charge in [-0.05, 0) is 19.4 Å². The highest BCUT2D eigenvalue weighted by atomic mass is 32.1. The van der Waals surface area contributed by atoms with Crippen molar-refractivity contribution in [1.29, 1.82) is 0 Å². The minimum absolute atomic E-state index is 0.0451. The second-order valence-electron chi connectivity index (χ2n) is 2.71. The Kier molecular flexibility index (Phi) is 3.20. The molecule has 1 aliphatic rings. The third-order valence-corrected chi connectivity index (χ3v) is 2.31. The van der Waals surface area contributed by atoms with Crippen LogP contribution in [0, 0.1) is 5.92 Å². The van der Waals surface area contributed by atoms with E-state index in [0.717, 1.165) is 19.4 Å². The summed E-state index contributed by atoms with van der Waals surface area (Å²) >= 11 is 4.24. The van der Waals surface area contributed by atoms with Crippen molar-refractivity contribution >= 4 is 18.6 Å². The van der Waals surface area contributed by atoms with Crippen LogP contribution in [0.4, 0.5) is 0 Å². The molecule has 0 amide bonds. The van der Waals surface area contributed by atoms with Crippen LogP contribution in [0.5, 0.6) is 0 Å². The van der Waals surface area contributed by atoms with Gasteiger partial charge in [0.25, 0.3) is 0 Å². The molecule has 0 aliphatic carbocycles. The average Bonchev–Trinajstić information content (AvgIpc) is 2.03. The zero-order chi connectivity index (χ0) is 8.27. The third kappa shape index (κ3) is 2.38. The molecule has 4 heteroatoms. The minimum Gasteiger partial charge on any atom is -0.469 e. The van der Waals surface area contributed by atoms with E-state index in [2.05, 4.69) is 22.7 Å². The van der Waals surface area contributed by atoms with Crippen molar-refractivity contribution in [2.24, 2.45) is 5.92 Å². The van der Waals surface area contributed by atoms with Gasteiger partial charge in [0.1, 0.15) is 0 Å². The van der Waals surface area contributed by atoms with Crippen LogP contribution < -0.4 is 5.32 Å². The number of methoxy groups -OCH3 is 1. The molecule has 1 saturated heterocycles. The first-order chi connectivity index (χ1) is 5.24. The predicted molar refractivity (Wildman–Crippen MR) is 45.5 cm³/mol. The van der Waals surface area contributed by atoms with E-state index in [1.165, 1.54) is 7.11 Å². The topological polar surface area (TPSA) is 38.3 Å². The lowest BCUT2D eigenvalue weighted by atomic mass is 9.98. The Bertz CT molecular complexity index is 151. The molecule has 0 radical (unpaired) electrons. The molecule has 2 atom stereocenters. The van der Waals surface area contributed by atoms with Crippen LogP contribution in [-0.2, 0) is 9.53 Å². The minimum atomic E-state index is -0.106. The molecular formula is C7H13NO2S. The van der Waals surface area contributed by atoms with Crippen LogP contribution in [0.1, 0.15) is 12.8 Å². The molecule has 0 bridgehead atoms. The van der Waals surface area contributed by atoms with E-state index in [1.807, 2.05) is 0 Å². The number of piperidine rings is 1. The molecule has 0 aromatic rings. The van der Waals surface area contributed by atoms with Gasteiger partial charge < -0.3 is 10.1 Å². The number of hydrogen-bond acceptors (Lipinski definition) is 4. The van der Waals surface area contributed by atoms with Gasteiger partial charge in [0.2, 0.25) is 0 Å². The summed E-state index contributed by atoms with van der Waals surface area (Å²) in [6.45, 7) is 0.855. The number of carbonyl (C=O) groups excluding carboxylic acids is 1. The molecule has 0 spiro atoms. The van der Waals surface area contributed by atoms with E-state index in [9.17, 15) is 4.79 Å². The van der Waals surface area contributed by atoms with Gasteiger partial charge >= 0.3 is 5.97 Å². The second kappa shape index (κ2) is 3.97. The molecule has 0 aromatic heterocycles. The van der Waals surface area contributed by atoms with Crippen molar-refractivity contribution in [2.75, 3.05) is 13.7 Å². The quantitative estimate of drug-likeness (QED) is 0.448. The SMILES string of the molecule is COC(=O)C1CCNC(S)C1. The zero-order valence-corrected chi connectivity index (χ0v) is 7.43. The smallest absolute Gasteiger partial charge is 0.308 e. The van der Waals surface area contributed by atoms with Gasteiger partial charge in [0.05, 0.1) is 18.4 Å². The normalized spacial score (nSPS) is 31.5. The largest absolute Gasteiger partial charge is 0.469 e. The maximum Gasteiger partial charge on any atom is 0.308 e. The molecule has 3 nitrogen and oxygen atoms in total.